The molecule has 0 aromatic heterocycles. The van der Waals surface area contributed by atoms with Crippen molar-refractivity contribution in [3.8, 4) is 0 Å². The van der Waals surface area contributed by atoms with Crippen LogP contribution in [0.25, 0.3) is 0 Å². The van der Waals surface area contributed by atoms with Crippen LogP contribution < -0.4 is 0 Å². The normalized spacial score (nSPS) is 17.2. The second kappa shape index (κ2) is 5.32. The summed E-state index contributed by atoms with van der Waals surface area (Å²) in [4.78, 5) is 12.6. The van der Waals surface area contributed by atoms with Gasteiger partial charge in [0.05, 0.1) is 4.92 Å². The van der Waals surface area contributed by atoms with Gasteiger partial charge in [-0.15, -0.1) is 0 Å². The minimum absolute atomic E-state index is 0.184. The molecule has 86 valence electrons. The van der Waals surface area contributed by atoms with E-state index in [-0.39, 0.29) is 10.6 Å². The van der Waals surface area contributed by atoms with Crippen LogP contribution in [0.5, 0.6) is 0 Å². The van der Waals surface area contributed by atoms with Crippen LogP contribution >= 0.6 is 11.8 Å². The van der Waals surface area contributed by atoms with Crippen molar-refractivity contribution in [1.82, 2.24) is 4.90 Å². The van der Waals surface area contributed by atoms with Crippen molar-refractivity contribution in [3.63, 3.8) is 0 Å². The SMILES string of the molecule is O=[N+]([O-])c1cccc(CN2CCSCC2)c1. The summed E-state index contributed by atoms with van der Waals surface area (Å²) in [6.45, 7) is 2.98. The van der Waals surface area contributed by atoms with E-state index in [4.69, 9.17) is 0 Å². The molecule has 1 aromatic carbocycles. The van der Waals surface area contributed by atoms with Crippen LogP contribution in [-0.2, 0) is 6.54 Å². The zero-order valence-electron chi connectivity index (χ0n) is 8.96. The molecule has 0 radical (unpaired) electrons. The Labute approximate surface area is 98.8 Å². The highest BCUT2D eigenvalue weighted by Crippen LogP contribution is 2.17. The van der Waals surface area contributed by atoms with Crippen molar-refractivity contribution in [1.29, 1.82) is 0 Å². The Bertz CT molecular complexity index is 378. The number of nitro benzene ring substituents is 1. The maximum atomic E-state index is 10.6. The van der Waals surface area contributed by atoms with Crippen LogP contribution in [0.1, 0.15) is 5.56 Å². The number of nitrogens with zero attached hydrogens (tertiary/aromatic N) is 2. The molecule has 0 bridgehead atoms. The van der Waals surface area contributed by atoms with Gasteiger partial charge in [0, 0.05) is 43.3 Å². The number of thioether (sulfide) groups is 1. The second-order valence-corrected chi connectivity index (χ2v) is 5.04. The standard InChI is InChI=1S/C11H14N2O2S/c14-13(15)11-3-1-2-10(8-11)9-12-4-6-16-7-5-12/h1-3,8H,4-7,9H2. The molecule has 2 rings (SSSR count). The molecule has 1 aliphatic rings. The summed E-state index contributed by atoms with van der Waals surface area (Å²) in [7, 11) is 0. The summed E-state index contributed by atoms with van der Waals surface area (Å²) in [6, 6.07) is 6.91. The highest BCUT2D eigenvalue weighted by Gasteiger charge is 2.12. The van der Waals surface area contributed by atoms with Gasteiger partial charge in [-0.25, -0.2) is 0 Å². The van der Waals surface area contributed by atoms with Crippen molar-refractivity contribution >= 4 is 17.4 Å². The molecular weight excluding hydrogens is 224 g/mol. The number of non-ortho nitro benzene ring substituents is 1. The van der Waals surface area contributed by atoms with Crippen molar-refractivity contribution < 1.29 is 4.92 Å². The smallest absolute Gasteiger partial charge is 0.269 e. The molecule has 0 amide bonds. The van der Waals surface area contributed by atoms with Crippen LogP contribution in [0.3, 0.4) is 0 Å². The summed E-state index contributed by atoms with van der Waals surface area (Å²) >= 11 is 1.97. The first-order valence-electron chi connectivity index (χ1n) is 5.29. The molecular formula is C11H14N2O2S. The number of rotatable bonds is 3. The van der Waals surface area contributed by atoms with E-state index in [9.17, 15) is 10.1 Å². The number of hydrogen-bond acceptors (Lipinski definition) is 4. The second-order valence-electron chi connectivity index (χ2n) is 3.82. The first kappa shape index (κ1) is 11.4. The summed E-state index contributed by atoms with van der Waals surface area (Å²) in [5.41, 5.74) is 1.21. The first-order valence-corrected chi connectivity index (χ1v) is 6.44. The Hall–Kier alpha value is -1.07. The van der Waals surface area contributed by atoms with Gasteiger partial charge >= 0.3 is 0 Å². The maximum absolute atomic E-state index is 10.6. The van der Waals surface area contributed by atoms with Gasteiger partial charge in [-0.3, -0.25) is 15.0 Å². The lowest BCUT2D eigenvalue weighted by Gasteiger charge is -2.25. The molecule has 16 heavy (non-hydrogen) atoms. The van der Waals surface area contributed by atoms with Gasteiger partial charge in [0.1, 0.15) is 0 Å². The highest BCUT2D eigenvalue weighted by molar-refractivity contribution is 7.99. The lowest BCUT2D eigenvalue weighted by molar-refractivity contribution is -0.384. The molecule has 1 heterocycles. The minimum Gasteiger partial charge on any atom is -0.297 e. The number of hydrogen-bond donors (Lipinski definition) is 0. The third-order valence-corrected chi connectivity index (χ3v) is 3.57. The predicted molar refractivity (Wildman–Crippen MR) is 65.7 cm³/mol. The van der Waals surface area contributed by atoms with Gasteiger partial charge in [-0.2, -0.15) is 11.8 Å². The Morgan fingerprint density at radius 3 is 2.81 bits per heavy atom. The topological polar surface area (TPSA) is 46.4 Å². The van der Waals surface area contributed by atoms with Crippen LogP contribution in [0.2, 0.25) is 0 Å². The van der Waals surface area contributed by atoms with Gasteiger partial charge in [-0.05, 0) is 5.56 Å². The number of nitro groups is 1. The van der Waals surface area contributed by atoms with Crippen LogP contribution in [0.4, 0.5) is 5.69 Å². The maximum Gasteiger partial charge on any atom is 0.269 e. The molecule has 0 unspecified atom stereocenters. The van der Waals surface area contributed by atoms with Crippen molar-refractivity contribution in [2.45, 2.75) is 6.54 Å². The van der Waals surface area contributed by atoms with E-state index < -0.39 is 0 Å². The monoisotopic (exact) mass is 238 g/mol. The third-order valence-electron chi connectivity index (χ3n) is 2.63. The van der Waals surface area contributed by atoms with E-state index >= 15 is 0 Å². The third kappa shape index (κ3) is 2.96. The molecule has 5 heteroatoms. The van der Waals surface area contributed by atoms with Crippen LogP contribution in [0.15, 0.2) is 24.3 Å². The van der Waals surface area contributed by atoms with Crippen molar-refractivity contribution in [2.75, 3.05) is 24.6 Å². The van der Waals surface area contributed by atoms with E-state index in [1.807, 2.05) is 17.8 Å². The predicted octanol–water partition coefficient (Wildman–Crippen LogP) is 2.14. The quantitative estimate of drug-likeness (QED) is 0.598. The zero-order valence-corrected chi connectivity index (χ0v) is 9.78. The largest absolute Gasteiger partial charge is 0.297 e. The Kier molecular flexibility index (Phi) is 3.79. The molecule has 0 atom stereocenters. The minimum atomic E-state index is -0.338. The van der Waals surface area contributed by atoms with E-state index in [2.05, 4.69) is 4.90 Å². The molecule has 1 aromatic rings. The molecule has 1 fully saturated rings. The lowest BCUT2D eigenvalue weighted by atomic mass is 10.2. The average Bonchev–Trinajstić information content (AvgIpc) is 2.30. The van der Waals surface area contributed by atoms with Gasteiger partial charge in [0.25, 0.3) is 5.69 Å². The van der Waals surface area contributed by atoms with E-state index in [0.29, 0.717) is 0 Å². The first-order chi connectivity index (χ1) is 7.75. The van der Waals surface area contributed by atoms with E-state index in [0.717, 1.165) is 36.7 Å². The summed E-state index contributed by atoms with van der Waals surface area (Å²) in [6.07, 6.45) is 0. The number of benzene rings is 1. The lowest BCUT2D eigenvalue weighted by Crippen LogP contribution is -2.31. The molecule has 1 saturated heterocycles. The molecule has 0 saturated carbocycles. The fourth-order valence-corrected chi connectivity index (χ4v) is 2.76. The molecule has 0 N–H and O–H groups in total. The summed E-state index contributed by atoms with van der Waals surface area (Å²) in [5, 5.41) is 10.6. The summed E-state index contributed by atoms with van der Waals surface area (Å²) < 4.78 is 0. The van der Waals surface area contributed by atoms with Crippen LogP contribution in [0, 0.1) is 10.1 Å². The van der Waals surface area contributed by atoms with Gasteiger partial charge in [0.15, 0.2) is 0 Å². The molecule has 1 aliphatic heterocycles. The zero-order chi connectivity index (χ0) is 11.4. The Morgan fingerprint density at radius 2 is 2.12 bits per heavy atom. The molecule has 0 spiro atoms. The van der Waals surface area contributed by atoms with E-state index in [1.165, 1.54) is 6.07 Å². The van der Waals surface area contributed by atoms with Gasteiger partial charge in [-0.1, -0.05) is 12.1 Å². The Balaban J connectivity index is 2.02. The Morgan fingerprint density at radius 1 is 1.38 bits per heavy atom. The highest BCUT2D eigenvalue weighted by atomic mass is 32.2. The molecule has 4 nitrogen and oxygen atoms in total. The van der Waals surface area contributed by atoms with Crippen molar-refractivity contribution in [2.24, 2.45) is 0 Å². The van der Waals surface area contributed by atoms with Crippen molar-refractivity contribution in [3.05, 3.63) is 39.9 Å². The summed E-state index contributed by atoms with van der Waals surface area (Å²) in [5.74, 6) is 2.32. The fraction of sp³-hybridized carbons (Fsp3) is 0.455. The average molecular weight is 238 g/mol. The van der Waals surface area contributed by atoms with Gasteiger partial charge in [0.2, 0.25) is 0 Å². The van der Waals surface area contributed by atoms with Crippen LogP contribution in [-0.4, -0.2) is 34.4 Å². The van der Waals surface area contributed by atoms with E-state index in [1.54, 1.807) is 12.1 Å². The fourth-order valence-electron chi connectivity index (χ4n) is 1.79. The molecule has 0 aliphatic carbocycles. The van der Waals surface area contributed by atoms with Gasteiger partial charge < -0.3 is 0 Å².